The van der Waals surface area contributed by atoms with Crippen LogP contribution in [0.25, 0.3) is 0 Å². The quantitative estimate of drug-likeness (QED) is 0.711. The van der Waals surface area contributed by atoms with Crippen LogP contribution in [-0.2, 0) is 19.1 Å². The largest absolute Gasteiger partial charge is 0.423 e. The van der Waals surface area contributed by atoms with Crippen LogP contribution >= 0.6 is 0 Å². The fourth-order valence-corrected chi connectivity index (χ4v) is 4.34. The van der Waals surface area contributed by atoms with Gasteiger partial charge in [-0.2, -0.15) is 0 Å². The van der Waals surface area contributed by atoms with Crippen molar-refractivity contribution in [1.82, 2.24) is 0 Å². The summed E-state index contributed by atoms with van der Waals surface area (Å²) in [7, 11) is 0. The molecule has 2 rings (SSSR count). The van der Waals surface area contributed by atoms with Gasteiger partial charge in [0, 0.05) is 13.8 Å². The number of carbonyl (C=O) groups is 2. The minimum absolute atomic E-state index is 0.298. The van der Waals surface area contributed by atoms with Crippen molar-refractivity contribution >= 4 is 11.9 Å². The Morgan fingerprint density at radius 1 is 0.833 bits per heavy atom. The molecule has 4 nitrogen and oxygen atoms in total. The highest BCUT2D eigenvalue weighted by atomic mass is 16.7. The summed E-state index contributed by atoms with van der Waals surface area (Å²) in [6, 6.07) is 0. The number of ether oxygens (including phenoxy) is 2. The smallest absolute Gasteiger partial charge is 0.317 e. The van der Waals surface area contributed by atoms with Gasteiger partial charge < -0.3 is 9.47 Å². The van der Waals surface area contributed by atoms with Gasteiger partial charge in [-0.3, -0.25) is 9.59 Å². The van der Waals surface area contributed by atoms with Crippen LogP contribution in [0.4, 0.5) is 0 Å². The van der Waals surface area contributed by atoms with Gasteiger partial charge >= 0.3 is 11.9 Å². The highest BCUT2D eigenvalue weighted by Crippen LogP contribution is 2.82. The zero-order chi connectivity index (χ0) is 14.0. The third-order valence-electron chi connectivity index (χ3n) is 5.23. The van der Waals surface area contributed by atoms with E-state index in [2.05, 4.69) is 0 Å². The summed E-state index contributed by atoms with van der Waals surface area (Å²) in [5, 5.41) is 0. The van der Waals surface area contributed by atoms with Crippen LogP contribution in [0, 0.1) is 16.2 Å². The summed E-state index contributed by atoms with van der Waals surface area (Å²) >= 11 is 0. The lowest BCUT2D eigenvalue weighted by Crippen LogP contribution is -2.36. The molecule has 1 aliphatic carbocycles. The Bertz CT molecular complexity index is 388. The lowest BCUT2D eigenvalue weighted by Gasteiger charge is -2.27. The number of cyclic esters (lactones) is 2. The van der Waals surface area contributed by atoms with E-state index in [0.717, 1.165) is 0 Å². The van der Waals surface area contributed by atoms with Gasteiger partial charge in [-0.05, 0) is 18.3 Å². The molecule has 0 N–H and O–H groups in total. The number of hydrogen-bond donors (Lipinski definition) is 0. The standard InChI is InChI=1S/C14H22O4/c1-7-13-9(15)17-12(5,6)18-10(16)14(13,8-2)11(13,3)4/h7-8H2,1-6H3. The predicted octanol–water partition coefficient (Wildman–Crippen LogP) is 2.66. The Balaban J connectivity index is 2.60. The Morgan fingerprint density at radius 3 is 1.44 bits per heavy atom. The van der Waals surface area contributed by atoms with Crippen molar-refractivity contribution in [3.63, 3.8) is 0 Å². The zero-order valence-corrected chi connectivity index (χ0v) is 12.0. The molecule has 1 saturated carbocycles. The Labute approximate surface area is 108 Å². The normalized spacial score (nSPS) is 40.3. The lowest BCUT2D eigenvalue weighted by molar-refractivity contribution is -0.217. The van der Waals surface area contributed by atoms with Crippen LogP contribution in [0.15, 0.2) is 0 Å². The van der Waals surface area contributed by atoms with Gasteiger partial charge in [0.2, 0.25) is 0 Å². The first-order chi connectivity index (χ1) is 8.13. The zero-order valence-electron chi connectivity index (χ0n) is 12.0. The first-order valence-electron chi connectivity index (χ1n) is 6.60. The van der Waals surface area contributed by atoms with Gasteiger partial charge in [0.1, 0.15) is 0 Å². The van der Waals surface area contributed by atoms with Crippen molar-refractivity contribution < 1.29 is 19.1 Å². The maximum Gasteiger partial charge on any atom is 0.317 e. The van der Waals surface area contributed by atoms with Crippen LogP contribution in [0.5, 0.6) is 0 Å². The van der Waals surface area contributed by atoms with E-state index in [1.54, 1.807) is 13.8 Å². The van der Waals surface area contributed by atoms with E-state index in [9.17, 15) is 9.59 Å². The Kier molecular flexibility index (Phi) is 2.44. The van der Waals surface area contributed by atoms with Crippen molar-refractivity contribution in [2.24, 2.45) is 16.2 Å². The summed E-state index contributed by atoms with van der Waals surface area (Å²) in [4.78, 5) is 25.0. The van der Waals surface area contributed by atoms with Gasteiger partial charge in [-0.1, -0.05) is 27.7 Å². The molecular formula is C14H22O4. The third kappa shape index (κ3) is 1.08. The molecule has 102 valence electrons. The van der Waals surface area contributed by atoms with Crippen molar-refractivity contribution in [3.8, 4) is 0 Å². The van der Waals surface area contributed by atoms with E-state index >= 15 is 0 Å². The third-order valence-corrected chi connectivity index (χ3v) is 5.23. The molecule has 0 radical (unpaired) electrons. The molecule has 0 aromatic rings. The van der Waals surface area contributed by atoms with Crippen LogP contribution in [-0.4, -0.2) is 17.7 Å². The number of hydrogen-bond acceptors (Lipinski definition) is 4. The molecule has 2 aliphatic rings. The SMILES string of the molecule is CCC12C(=O)OC(C)(C)OC(=O)C1(CC)C2(C)C. The molecule has 2 atom stereocenters. The maximum atomic E-state index is 12.5. The predicted molar refractivity (Wildman–Crippen MR) is 65.5 cm³/mol. The summed E-state index contributed by atoms with van der Waals surface area (Å²) in [5.41, 5.74) is -1.88. The highest BCUT2D eigenvalue weighted by molar-refractivity contribution is 5.98. The second kappa shape index (κ2) is 3.28. The van der Waals surface area contributed by atoms with Gasteiger partial charge in [0.05, 0.1) is 10.8 Å². The van der Waals surface area contributed by atoms with Crippen LogP contribution in [0.1, 0.15) is 54.4 Å². The molecule has 2 unspecified atom stereocenters. The van der Waals surface area contributed by atoms with Gasteiger partial charge in [0.15, 0.2) is 0 Å². The molecule has 0 bridgehead atoms. The van der Waals surface area contributed by atoms with Crippen molar-refractivity contribution in [2.45, 2.75) is 60.2 Å². The second-order valence-electron chi connectivity index (χ2n) is 6.32. The molecule has 0 aromatic heterocycles. The van der Waals surface area contributed by atoms with Crippen molar-refractivity contribution in [2.75, 3.05) is 0 Å². The van der Waals surface area contributed by atoms with E-state index in [1.165, 1.54) is 0 Å². The maximum absolute atomic E-state index is 12.5. The molecule has 18 heavy (non-hydrogen) atoms. The fraction of sp³-hybridized carbons (Fsp3) is 0.857. The van der Waals surface area contributed by atoms with Gasteiger partial charge in [-0.15, -0.1) is 0 Å². The lowest BCUT2D eigenvalue weighted by atomic mass is 9.88. The van der Waals surface area contributed by atoms with Crippen LogP contribution < -0.4 is 0 Å². The number of esters is 2. The Morgan fingerprint density at radius 2 is 1.17 bits per heavy atom. The van der Waals surface area contributed by atoms with E-state index < -0.39 is 22.0 Å². The topological polar surface area (TPSA) is 52.6 Å². The minimum atomic E-state index is -1.16. The Hall–Kier alpha value is -1.06. The summed E-state index contributed by atoms with van der Waals surface area (Å²) in [6.07, 6.45) is 1.19. The van der Waals surface area contributed by atoms with Gasteiger partial charge in [0.25, 0.3) is 5.79 Å². The summed E-state index contributed by atoms with van der Waals surface area (Å²) in [5.74, 6) is -1.76. The summed E-state index contributed by atoms with van der Waals surface area (Å²) in [6.45, 7) is 11.0. The average Bonchev–Trinajstić information content (AvgIpc) is 2.69. The molecular weight excluding hydrogens is 232 g/mol. The summed E-state index contributed by atoms with van der Waals surface area (Å²) < 4.78 is 10.8. The van der Waals surface area contributed by atoms with E-state index in [0.29, 0.717) is 12.8 Å². The molecule has 0 amide bonds. The van der Waals surface area contributed by atoms with E-state index in [-0.39, 0.29) is 11.9 Å². The molecule has 1 aliphatic heterocycles. The first kappa shape index (κ1) is 13.4. The van der Waals surface area contributed by atoms with Crippen molar-refractivity contribution in [3.05, 3.63) is 0 Å². The first-order valence-corrected chi connectivity index (χ1v) is 6.60. The number of fused-ring (bicyclic) bond motifs is 1. The average molecular weight is 254 g/mol. The second-order valence-corrected chi connectivity index (χ2v) is 6.32. The van der Waals surface area contributed by atoms with Crippen LogP contribution in [0.3, 0.4) is 0 Å². The molecule has 2 fully saturated rings. The van der Waals surface area contributed by atoms with Crippen molar-refractivity contribution in [1.29, 1.82) is 0 Å². The van der Waals surface area contributed by atoms with Crippen LogP contribution in [0.2, 0.25) is 0 Å². The number of rotatable bonds is 2. The monoisotopic (exact) mass is 254 g/mol. The van der Waals surface area contributed by atoms with E-state index in [1.807, 2.05) is 27.7 Å². The highest BCUT2D eigenvalue weighted by Gasteiger charge is 2.90. The van der Waals surface area contributed by atoms with Gasteiger partial charge in [-0.25, -0.2) is 0 Å². The molecule has 0 spiro atoms. The van der Waals surface area contributed by atoms with E-state index in [4.69, 9.17) is 9.47 Å². The molecule has 0 aromatic carbocycles. The molecule has 1 heterocycles. The number of carbonyl (C=O) groups excluding carboxylic acids is 2. The minimum Gasteiger partial charge on any atom is -0.423 e. The molecule has 1 saturated heterocycles. The molecule has 4 heteroatoms. The fourth-order valence-electron chi connectivity index (χ4n) is 4.34.